The Hall–Kier alpha value is -1.32. The number of nitrogens with zero attached hydrogens (tertiary/aromatic N) is 1. The van der Waals surface area contributed by atoms with E-state index < -0.39 is 0 Å². The quantitative estimate of drug-likeness (QED) is 0.766. The molecule has 0 aliphatic heterocycles. The first-order valence-electron chi connectivity index (χ1n) is 5.00. The van der Waals surface area contributed by atoms with Crippen molar-refractivity contribution in [1.29, 1.82) is 0 Å². The number of methoxy groups -OCH3 is 1. The Morgan fingerprint density at radius 3 is 2.88 bits per heavy atom. The molecule has 0 fully saturated rings. The van der Waals surface area contributed by atoms with Crippen LogP contribution in [0.1, 0.15) is 10.4 Å². The van der Waals surface area contributed by atoms with Crippen LogP contribution < -0.4 is 0 Å². The minimum absolute atomic E-state index is 0.480. The first-order chi connectivity index (χ1) is 7.79. The second-order valence-electron chi connectivity index (χ2n) is 3.48. The van der Waals surface area contributed by atoms with E-state index in [1.165, 1.54) is 0 Å². The number of fused-ring (bicyclic) bond motifs is 1. The maximum absolute atomic E-state index is 11.0. The monoisotopic (exact) mass is 237 g/mol. The zero-order valence-corrected chi connectivity index (χ0v) is 9.70. The second-order valence-corrected chi connectivity index (χ2v) is 3.84. The molecule has 0 amide bonds. The first kappa shape index (κ1) is 11.2. The maximum Gasteiger partial charge on any atom is 0.153 e. The van der Waals surface area contributed by atoms with E-state index in [1.807, 2.05) is 28.8 Å². The van der Waals surface area contributed by atoms with Crippen LogP contribution in [0.5, 0.6) is 0 Å². The van der Waals surface area contributed by atoms with Gasteiger partial charge in [-0.1, -0.05) is 29.8 Å². The third-order valence-corrected chi connectivity index (χ3v) is 2.99. The van der Waals surface area contributed by atoms with Crippen molar-refractivity contribution in [3.63, 3.8) is 0 Å². The van der Waals surface area contributed by atoms with Crippen molar-refractivity contribution >= 4 is 28.8 Å². The molecule has 4 heteroatoms. The van der Waals surface area contributed by atoms with Gasteiger partial charge in [-0.3, -0.25) is 4.79 Å². The molecule has 0 aliphatic carbocycles. The fourth-order valence-electron chi connectivity index (χ4n) is 1.81. The number of halogens is 1. The predicted octanol–water partition coefficient (Wildman–Crippen LogP) is 2.75. The Morgan fingerprint density at radius 1 is 1.44 bits per heavy atom. The van der Waals surface area contributed by atoms with Gasteiger partial charge in [0.15, 0.2) is 6.29 Å². The van der Waals surface area contributed by atoms with E-state index in [9.17, 15) is 4.79 Å². The largest absolute Gasteiger partial charge is 0.383 e. The van der Waals surface area contributed by atoms with Gasteiger partial charge in [0.05, 0.1) is 12.2 Å². The molecule has 84 valence electrons. The third kappa shape index (κ3) is 1.72. The van der Waals surface area contributed by atoms with Crippen LogP contribution in [0.2, 0.25) is 5.15 Å². The molecule has 0 unspecified atom stereocenters. The average molecular weight is 238 g/mol. The zero-order valence-electron chi connectivity index (χ0n) is 8.94. The van der Waals surface area contributed by atoms with E-state index in [1.54, 1.807) is 7.11 Å². The van der Waals surface area contributed by atoms with E-state index >= 15 is 0 Å². The zero-order chi connectivity index (χ0) is 11.5. The molecule has 0 saturated heterocycles. The molecular weight excluding hydrogens is 226 g/mol. The van der Waals surface area contributed by atoms with Gasteiger partial charge < -0.3 is 9.30 Å². The van der Waals surface area contributed by atoms with E-state index in [0.717, 1.165) is 17.2 Å². The number of rotatable bonds is 4. The van der Waals surface area contributed by atoms with Crippen LogP contribution in [-0.2, 0) is 11.3 Å². The lowest BCUT2D eigenvalue weighted by atomic mass is 10.2. The Kier molecular flexibility index (Phi) is 3.27. The Labute approximate surface area is 98.6 Å². The summed E-state index contributed by atoms with van der Waals surface area (Å²) < 4.78 is 6.92. The second kappa shape index (κ2) is 4.68. The van der Waals surface area contributed by atoms with Gasteiger partial charge in [-0.25, -0.2) is 0 Å². The summed E-state index contributed by atoms with van der Waals surface area (Å²) >= 11 is 6.16. The van der Waals surface area contributed by atoms with Gasteiger partial charge >= 0.3 is 0 Å². The summed E-state index contributed by atoms with van der Waals surface area (Å²) in [4.78, 5) is 11.0. The summed E-state index contributed by atoms with van der Waals surface area (Å²) in [6, 6.07) is 7.67. The molecule has 3 nitrogen and oxygen atoms in total. The fourth-order valence-corrected chi connectivity index (χ4v) is 2.13. The number of para-hydroxylation sites is 1. The van der Waals surface area contributed by atoms with E-state index in [4.69, 9.17) is 16.3 Å². The van der Waals surface area contributed by atoms with Crippen LogP contribution in [0.15, 0.2) is 24.3 Å². The van der Waals surface area contributed by atoms with Gasteiger partial charge in [0, 0.05) is 24.6 Å². The third-order valence-electron chi connectivity index (χ3n) is 2.58. The molecule has 1 heterocycles. The molecule has 2 rings (SSSR count). The number of carbonyl (C=O) groups is 1. The number of carbonyl (C=O) groups excluding carboxylic acids is 1. The molecule has 0 spiro atoms. The summed E-state index contributed by atoms with van der Waals surface area (Å²) in [6.45, 7) is 1.21. The number of aldehydes is 1. The summed E-state index contributed by atoms with van der Waals surface area (Å²) in [6.07, 6.45) is 0.800. The number of ether oxygens (including phenoxy) is 1. The van der Waals surface area contributed by atoms with Gasteiger partial charge in [-0.05, 0) is 6.07 Å². The standard InChI is InChI=1S/C12H12ClNO2/c1-16-7-6-14-11-5-3-2-4-9(11)10(8-15)12(14)13/h2-5,8H,6-7H2,1H3. The van der Waals surface area contributed by atoms with Crippen molar-refractivity contribution in [2.75, 3.05) is 13.7 Å². The molecule has 0 aliphatic rings. The van der Waals surface area contributed by atoms with E-state index in [0.29, 0.717) is 23.9 Å². The van der Waals surface area contributed by atoms with Crippen LogP contribution in [0.3, 0.4) is 0 Å². The van der Waals surface area contributed by atoms with Gasteiger partial charge in [0.25, 0.3) is 0 Å². The molecule has 0 saturated carbocycles. The van der Waals surface area contributed by atoms with Gasteiger partial charge in [-0.2, -0.15) is 0 Å². The van der Waals surface area contributed by atoms with Crippen LogP contribution in [0.25, 0.3) is 10.9 Å². The molecular formula is C12H12ClNO2. The van der Waals surface area contributed by atoms with Crippen molar-refractivity contribution in [3.05, 3.63) is 35.0 Å². The maximum atomic E-state index is 11.0. The summed E-state index contributed by atoms with van der Waals surface area (Å²) in [5, 5.41) is 1.37. The molecule has 1 aromatic carbocycles. The SMILES string of the molecule is COCCn1c(Cl)c(C=O)c2ccccc21. The Bertz CT molecular complexity index is 519. The Morgan fingerprint density at radius 2 is 2.19 bits per heavy atom. The molecule has 16 heavy (non-hydrogen) atoms. The van der Waals surface area contributed by atoms with Crippen molar-refractivity contribution in [3.8, 4) is 0 Å². The van der Waals surface area contributed by atoms with Crippen molar-refractivity contribution < 1.29 is 9.53 Å². The number of aromatic nitrogens is 1. The smallest absolute Gasteiger partial charge is 0.153 e. The summed E-state index contributed by atoms with van der Waals surface area (Å²) in [5.74, 6) is 0. The molecule has 2 aromatic rings. The van der Waals surface area contributed by atoms with Crippen LogP contribution in [0.4, 0.5) is 0 Å². The molecule has 0 N–H and O–H groups in total. The van der Waals surface area contributed by atoms with Crippen LogP contribution >= 0.6 is 11.6 Å². The Balaban J connectivity index is 2.62. The van der Waals surface area contributed by atoms with E-state index in [-0.39, 0.29) is 0 Å². The molecule has 0 radical (unpaired) electrons. The van der Waals surface area contributed by atoms with Crippen molar-refractivity contribution in [2.45, 2.75) is 6.54 Å². The highest BCUT2D eigenvalue weighted by Gasteiger charge is 2.13. The lowest BCUT2D eigenvalue weighted by molar-refractivity contribution is 0.112. The predicted molar refractivity (Wildman–Crippen MR) is 64.2 cm³/mol. The molecule has 1 aromatic heterocycles. The summed E-state index contributed by atoms with van der Waals surface area (Å²) in [5.41, 5.74) is 1.51. The van der Waals surface area contributed by atoms with Crippen LogP contribution in [-0.4, -0.2) is 24.6 Å². The lowest BCUT2D eigenvalue weighted by Gasteiger charge is -2.05. The average Bonchev–Trinajstić information content (AvgIpc) is 2.58. The van der Waals surface area contributed by atoms with E-state index in [2.05, 4.69) is 0 Å². The summed E-state index contributed by atoms with van der Waals surface area (Å²) in [7, 11) is 1.64. The highest BCUT2D eigenvalue weighted by Crippen LogP contribution is 2.28. The van der Waals surface area contributed by atoms with Crippen LogP contribution in [0, 0.1) is 0 Å². The van der Waals surface area contributed by atoms with Gasteiger partial charge in [0.2, 0.25) is 0 Å². The minimum Gasteiger partial charge on any atom is -0.383 e. The number of hydrogen-bond acceptors (Lipinski definition) is 2. The molecule has 0 atom stereocenters. The van der Waals surface area contributed by atoms with Gasteiger partial charge in [0.1, 0.15) is 5.15 Å². The minimum atomic E-state index is 0.480. The first-order valence-corrected chi connectivity index (χ1v) is 5.38. The van der Waals surface area contributed by atoms with Gasteiger partial charge in [-0.15, -0.1) is 0 Å². The molecule has 0 bridgehead atoms. The normalized spacial score (nSPS) is 10.9. The topological polar surface area (TPSA) is 31.2 Å². The number of benzene rings is 1. The van der Waals surface area contributed by atoms with Crippen molar-refractivity contribution in [2.24, 2.45) is 0 Å². The fraction of sp³-hybridized carbons (Fsp3) is 0.250. The highest BCUT2D eigenvalue weighted by molar-refractivity contribution is 6.34. The lowest BCUT2D eigenvalue weighted by Crippen LogP contribution is -2.03. The highest BCUT2D eigenvalue weighted by atomic mass is 35.5. The number of hydrogen-bond donors (Lipinski definition) is 0. The van der Waals surface area contributed by atoms with Crippen molar-refractivity contribution in [1.82, 2.24) is 4.57 Å².